The number of carbonyl (C=O) groups excluding carboxylic acids is 1. The summed E-state index contributed by atoms with van der Waals surface area (Å²) in [5.74, 6) is -0.805. The van der Waals surface area contributed by atoms with Crippen LogP contribution in [-0.4, -0.2) is 16.9 Å². The standard InChI is InChI=1S/C16H13F3N2O2/c17-16(18,19)11-9-12(22)21-8-4-7-20-15(21)13(11)14(23)10-5-2-1-3-6-10/h1-3,5-6,9,20H,4,7-8H2. The summed E-state index contributed by atoms with van der Waals surface area (Å²) in [4.78, 5) is 24.6. The van der Waals surface area contributed by atoms with Crippen LogP contribution in [0, 0.1) is 0 Å². The van der Waals surface area contributed by atoms with Crippen LogP contribution < -0.4 is 10.9 Å². The Labute approximate surface area is 129 Å². The number of nitrogens with zero attached hydrogens (tertiary/aromatic N) is 1. The van der Waals surface area contributed by atoms with Gasteiger partial charge < -0.3 is 5.32 Å². The molecule has 1 aromatic carbocycles. The van der Waals surface area contributed by atoms with Crippen LogP contribution in [0.1, 0.15) is 27.9 Å². The zero-order valence-electron chi connectivity index (χ0n) is 12.0. The number of alkyl halides is 3. The van der Waals surface area contributed by atoms with E-state index in [4.69, 9.17) is 0 Å². The molecule has 7 heteroatoms. The van der Waals surface area contributed by atoms with E-state index in [0.717, 1.165) is 0 Å². The van der Waals surface area contributed by atoms with Crippen molar-refractivity contribution in [2.24, 2.45) is 0 Å². The lowest BCUT2D eigenvalue weighted by Crippen LogP contribution is -2.33. The number of hydrogen-bond donors (Lipinski definition) is 1. The molecule has 0 amide bonds. The molecular formula is C16H13F3N2O2. The first-order valence-electron chi connectivity index (χ1n) is 7.08. The summed E-state index contributed by atoms with van der Waals surface area (Å²) in [6.07, 6.45) is -4.18. The van der Waals surface area contributed by atoms with Crippen molar-refractivity contribution in [2.45, 2.75) is 19.1 Å². The second-order valence-electron chi connectivity index (χ2n) is 5.24. The van der Waals surface area contributed by atoms with Gasteiger partial charge in [0.15, 0.2) is 5.78 Å². The molecule has 2 heterocycles. The minimum Gasteiger partial charge on any atom is -0.371 e. The van der Waals surface area contributed by atoms with Crippen molar-refractivity contribution in [3.63, 3.8) is 0 Å². The zero-order valence-corrected chi connectivity index (χ0v) is 12.0. The zero-order chi connectivity index (χ0) is 16.6. The van der Waals surface area contributed by atoms with Crippen molar-refractivity contribution in [3.05, 3.63) is 63.4 Å². The van der Waals surface area contributed by atoms with Crippen LogP contribution in [0.25, 0.3) is 0 Å². The van der Waals surface area contributed by atoms with E-state index in [-0.39, 0.29) is 17.9 Å². The van der Waals surface area contributed by atoms with Crippen molar-refractivity contribution in [3.8, 4) is 0 Å². The van der Waals surface area contributed by atoms with Gasteiger partial charge in [0.2, 0.25) is 0 Å². The first kappa shape index (κ1) is 15.3. The number of ketones is 1. The maximum Gasteiger partial charge on any atom is 0.417 e. The number of aromatic nitrogens is 1. The molecule has 0 saturated carbocycles. The van der Waals surface area contributed by atoms with E-state index in [9.17, 15) is 22.8 Å². The summed E-state index contributed by atoms with van der Waals surface area (Å²) >= 11 is 0. The molecule has 0 unspecified atom stereocenters. The van der Waals surface area contributed by atoms with Crippen LogP contribution >= 0.6 is 0 Å². The van der Waals surface area contributed by atoms with Crippen molar-refractivity contribution in [1.82, 2.24) is 4.57 Å². The van der Waals surface area contributed by atoms with Crippen LogP contribution in [0.15, 0.2) is 41.2 Å². The lowest BCUT2D eigenvalue weighted by Gasteiger charge is -2.25. The number of anilines is 1. The molecule has 0 bridgehead atoms. The lowest BCUT2D eigenvalue weighted by molar-refractivity contribution is -0.138. The van der Waals surface area contributed by atoms with Gasteiger partial charge in [-0.15, -0.1) is 0 Å². The van der Waals surface area contributed by atoms with E-state index in [0.29, 0.717) is 19.0 Å². The van der Waals surface area contributed by atoms with Gasteiger partial charge in [-0.25, -0.2) is 0 Å². The maximum atomic E-state index is 13.3. The summed E-state index contributed by atoms with van der Waals surface area (Å²) in [6, 6.07) is 8.24. The quantitative estimate of drug-likeness (QED) is 0.865. The van der Waals surface area contributed by atoms with Crippen LogP contribution in [-0.2, 0) is 12.7 Å². The van der Waals surface area contributed by atoms with E-state index in [2.05, 4.69) is 5.32 Å². The minimum atomic E-state index is -4.78. The molecule has 0 spiro atoms. The van der Waals surface area contributed by atoms with Crippen LogP contribution in [0.3, 0.4) is 0 Å². The van der Waals surface area contributed by atoms with Crippen molar-refractivity contribution in [2.75, 3.05) is 11.9 Å². The van der Waals surface area contributed by atoms with Gasteiger partial charge in [-0.2, -0.15) is 13.2 Å². The number of halogens is 3. The molecule has 1 N–H and O–H groups in total. The molecule has 0 saturated heterocycles. The Kier molecular flexibility index (Phi) is 3.71. The highest BCUT2D eigenvalue weighted by Gasteiger charge is 2.39. The van der Waals surface area contributed by atoms with Gasteiger partial charge >= 0.3 is 6.18 Å². The number of fused-ring (bicyclic) bond motifs is 1. The molecule has 0 radical (unpaired) electrons. The summed E-state index contributed by atoms with van der Waals surface area (Å²) in [5, 5.41) is 2.78. The minimum absolute atomic E-state index is 0.0510. The van der Waals surface area contributed by atoms with Gasteiger partial charge in [-0.05, 0) is 6.42 Å². The fourth-order valence-corrected chi connectivity index (χ4v) is 2.68. The summed E-state index contributed by atoms with van der Waals surface area (Å²) in [7, 11) is 0. The number of carbonyl (C=O) groups is 1. The number of hydrogen-bond acceptors (Lipinski definition) is 3. The smallest absolute Gasteiger partial charge is 0.371 e. The molecule has 0 aliphatic carbocycles. The van der Waals surface area contributed by atoms with Gasteiger partial charge in [-0.1, -0.05) is 30.3 Å². The molecular weight excluding hydrogens is 309 g/mol. The molecule has 23 heavy (non-hydrogen) atoms. The number of pyridine rings is 1. The Balaban J connectivity index is 2.29. The summed E-state index contributed by atoms with van der Waals surface area (Å²) in [6.45, 7) is 0.699. The van der Waals surface area contributed by atoms with E-state index >= 15 is 0 Å². The predicted octanol–water partition coefficient (Wildman–Crippen LogP) is 2.91. The SMILES string of the molecule is O=C(c1ccccc1)c1c(C(F)(F)F)cc(=O)n2c1NCCC2. The van der Waals surface area contributed by atoms with E-state index in [1.54, 1.807) is 18.2 Å². The highest BCUT2D eigenvalue weighted by atomic mass is 19.4. The fraction of sp³-hybridized carbons (Fsp3) is 0.250. The maximum absolute atomic E-state index is 13.3. The molecule has 0 atom stereocenters. The summed E-state index contributed by atoms with van der Waals surface area (Å²) < 4.78 is 41.2. The van der Waals surface area contributed by atoms with Crippen LogP contribution in [0.4, 0.5) is 19.0 Å². The molecule has 120 valence electrons. The third kappa shape index (κ3) is 2.74. The Morgan fingerprint density at radius 1 is 1.17 bits per heavy atom. The second kappa shape index (κ2) is 5.57. The summed E-state index contributed by atoms with van der Waals surface area (Å²) in [5.41, 5.74) is -2.31. The fourth-order valence-electron chi connectivity index (χ4n) is 2.68. The highest BCUT2D eigenvalue weighted by molar-refractivity contribution is 6.13. The van der Waals surface area contributed by atoms with E-state index < -0.39 is 28.6 Å². The van der Waals surface area contributed by atoms with Gasteiger partial charge in [0, 0.05) is 24.7 Å². The third-order valence-electron chi connectivity index (χ3n) is 3.73. The molecule has 3 rings (SSSR count). The Morgan fingerprint density at radius 3 is 2.52 bits per heavy atom. The molecule has 0 fully saturated rings. The van der Waals surface area contributed by atoms with Gasteiger partial charge in [0.1, 0.15) is 5.82 Å². The van der Waals surface area contributed by atoms with Gasteiger partial charge in [0.25, 0.3) is 5.56 Å². The Bertz CT molecular complexity index is 811. The molecule has 2 aromatic rings. The average molecular weight is 322 g/mol. The number of rotatable bonds is 2. The lowest BCUT2D eigenvalue weighted by atomic mass is 9.97. The van der Waals surface area contributed by atoms with Crippen LogP contribution in [0.2, 0.25) is 0 Å². The normalized spacial score (nSPS) is 14.0. The topological polar surface area (TPSA) is 51.1 Å². The third-order valence-corrected chi connectivity index (χ3v) is 3.73. The molecule has 1 aliphatic heterocycles. The number of nitrogens with one attached hydrogen (secondary N) is 1. The van der Waals surface area contributed by atoms with Gasteiger partial charge in [0.05, 0.1) is 11.1 Å². The largest absolute Gasteiger partial charge is 0.417 e. The van der Waals surface area contributed by atoms with E-state index in [1.165, 1.54) is 16.7 Å². The molecule has 4 nitrogen and oxygen atoms in total. The van der Waals surface area contributed by atoms with Crippen molar-refractivity contribution >= 4 is 11.6 Å². The predicted molar refractivity (Wildman–Crippen MR) is 78.7 cm³/mol. The van der Waals surface area contributed by atoms with Crippen LogP contribution in [0.5, 0.6) is 0 Å². The van der Waals surface area contributed by atoms with Crippen molar-refractivity contribution in [1.29, 1.82) is 0 Å². The van der Waals surface area contributed by atoms with E-state index in [1.807, 2.05) is 0 Å². The Hall–Kier alpha value is -2.57. The average Bonchev–Trinajstić information content (AvgIpc) is 2.54. The second-order valence-corrected chi connectivity index (χ2v) is 5.24. The molecule has 1 aromatic heterocycles. The Morgan fingerprint density at radius 2 is 1.87 bits per heavy atom. The molecule has 1 aliphatic rings. The number of benzene rings is 1. The van der Waals surface area contributed by atoms with Gasteiger partial charge in [-0.3, -0.25) is 14.2 Å². The first-order chi connectivity index (χ1) is 10.9. The monoisotopic (exact) mass is 322 g/mol. The first-order valence-corrected chi connectivity index (χ1v) is 7.08. The van der Waals surface area contributed by atoms with Crippen molar-refractivity contribution < 1.29 is 18.0 Å². The highest BCUT2D eigenvalue weighted by Crippen LogP contribution is 2.36.